The Kier molecular flexibility index (Phi) is 3.47. The van der Waals surface area contributed by atoms with Crippen molar-refractivity contribution in [1.29, 1.82) is 0 Å². The predicted molar refractivity (Wildman–Crippen MR) is 56.6 cm³/mol. The number of nitrogens with two attached hydrogens (primary N) is 1. The molecule has 0 saturated carbocycles. The summed E-state index contributed by atoms with van der Waals surface area (Å²) in [5.74, 6) is 0.456. The molecule has 1 aromatic heterocycles. The molecule has 5 nitrogen and oxygen atoms in total. The van der Waals surface area contributed by atoms with Crippen molar-refractivity contribution in [2.75, 3.05) is 13.6 Å². The van der Waals surface area contributed by atoms with E-state index in [2.05, 4.69) is 5.16 Å². The number of carbonyl (C=O) groups is 1. The fourth-order valence-corrected chi connectivity index (χ4v) is 1.32. The summed E-state index contributed by atoms with van der Waals surface area (Å²) in [6.07, 6.45) is 0. The van der Waals surface area contributed by atoms with Crippen LogP contribution < -0.4 is 5.73 Å². The van der Waals surface area contributed by atoms with Crippen molar-refractivity contribution in [3.05, 3.63) is 17.0 Å². The molecule has 1 aromatic rings. The summed E-state index contributed by atoms with van der Waals surface area (Å²) in [6, 6.07) is 0.00574. The fourth-order valence-electron chi connectivity index (χ4n) is 1.32. The molecule has 1 unspecified atom stereocenters. The first-order chi connectivity index (χ1) is 6.99. The number of hydrogen-bond donors (Lipinski definition) is 1. The van der Waals surface area contributed by atoms with E-state index in [-0.39, 0.29) is 11.9 Å². The van der Waals surface area contributed by atoms with E-state index in [1.807, 2.05) is 6.92 Å². The van der Waals surface area contributed by atoms with Crippen LogP contribution in [0, 0.1) is 13.8 Å². The molecule has 0 aliphatic rings. The van der Waals surface area contributed by atoms with Gasteiger partial charge >= 0.3 is 0 Å². The van der Waals surface area contributed by atoms with E-state index in [4.69, 9.17) is 10.3 Å². The van der Waals surface area contributed by atoms with E-state index in [1.54, 1.807) is 25.8 Å². The smallest absolute Gasteiger partial charge is 0.259 e. The number of likely N-dealkylation sites (N-methyl/N-ethyl adjacent to an activating group) is 1. The maximum Gasteiger partial charge on any atom is 0.259 e. The van der Waals surface area contributed by atoms with Crippen LogP contribution in [0.1, 0.15) is 28.7 Å². The first-order valence-electron chi connectivity index (χ1n) is 4.89. The van der Waals surface area contributed by atoms with E-state index in [0.29, 0.717) is 23.6 Å². The Balaban J connectivity index is 2.94. The molecule has 15 heavy (non-hydrogen) atoms. The third-order valence-corrected chi connectivity index (χ3v) is 2.57. The number of carbonyl (C=O) groups excluding carboxylic acids is 1. The summed E-state index contributed by atoms with van der Waals surface area (Å²) in [5.41, 5.74) is 6.67. The average Bonchev–Trinajstić information content (AvgIpc) is 2.55. The van der Waals surface area contributed by atoms with Gasteiger partial charge < -0.3 is 15.2 Å². The number of aromatic nitrogens is 1. The summed E-state index contributed by atoms with van der Waals surface area (Å²) in [4.78, 5) is 13.6. The second kappa shape index (κ2) is 4.44. The molecular formula is C10H17N3O2. The molecule has 2 N–H and O–H groups in total. The Morgan fingerprint density at radius 2 is 2.20 bits per heavy atom. The molecular weight excluding hydrogens is 194 g/mol. The number of amides is 1. The molecule has 0 bridgehead atoms. The molecule has 84 valence electrons. The normalized spacial score (nSPS) is 12.6. The largest absolute Gasteiger partial charge is 0.361 e. The Morgan fingerprint density at radius 1 is 1.60 bits per heavy atom. The summed E-state index contributed by atoms with van der Waals surface area (Å²) in [6.45, 7) is 5.82. The Hall–Kier alpha value is -1.36. The Bertz CT molecular complexity index is 340. The number of rotatable bonds is 3. The Morgan fingerprint density at radius 3 is 2.60 bits per heavy atom. The maximum absolute atomic E-state index is 12.0. The van der Waals surface area contributed by atoms with Crippen molar-refractivity contribution < 1.29 is 9.32 Å². The van der Waals surface area contributed by atoms with Crippen molar-refractivity contribution in [3.63, 3.8) is 0 Å². The summed E-state index contributed by atoms with van der Waals surface area (Å²) >= 11 is 0. The van der Waals surface area contributed by atoms with Gasteiger partial charge in [-0.05, 0) is 20.8 Å². The lowest BCUT2D eigenvalue weighted by molar-refractivity contribution is 0.0746. The van der Waals surface area contributed by atoms with Crippen LogP contribution in [0.25, 0.3) is 0 Å². The SMILES string of the molecule is Cc1noc(C)c1C(=O)N(C)C(C)CN. The average molecular weight is 211 g/mol. The van der Waals surface area contributed by atoms with Crippen LogP contribution in [0.5, 0.6) is 0 Å². The summed E-state index contributed by atoms with van der Waals surface area (Å²) < 4.78 is 4.95. The van der Waals surface area contributed by atoms with Gasteiger partial charge in [0.25, 0.3) is 5.91 Å². The van der Waals surface area contributed by atoms with E-state index < -0.39 is 0 Å². The standard InChI is InChI=1S/C10H17N3O2/c1-6(5-11)13(4)10(14)9-7(2)12-15-8(9)3/h6H,5,11H2,1-4H3. The van der Waals surface area contributed by atoms with E-state index in [1.165, 1.54) is 0 Å². The molecule has 0 fully saturated rings. The molecule has 1 atom stereocenters. The minimum Gasteiger partial charge on any atom is -0.361 e. The molecule has 0 saturated heterocycles. The maximum atomic E-state index is 12.0. The predicted octanol–water partition coefficient (Wildman–Crippen LogP) is 0.711. The topological polar surface area (TPSA) is 72.4 Å². The highest BCUT2D eigenvalue weighted by Gasteiger charge is 2.23. The van der Waals surface area contributed by atoms with Gasteiger partial charge in [0.05, 0.1) is 5.69 Å². The van der Waals surface area contributed by atoms with Crippen LogP contribution >= 0.6 is 0 Å². The van der Waals surface area contributed by atoms with Gasteiger partial charge in [0, 0.05) is 19.6 Å². The molecule has 0 aliphatic carbocycles. The zero-order valence-corrected chi connectivity index (χ0v) is 9.57. The van der Waals surface area contributed by atoms with Gasteiger partial charge in [-0.2, -0.15) is 0 Å². The van der Waals surface area contributed by atoms with E-state index in [9.17, 15) is 4.79 Å². The van der Waals surface area contributed by atoms with Crippen molar-refractivity contribution in [2.24, 2.45) is 5.73 Å². The minimum absolute atomic E-state index is 0.00574. The van der Waals surface area contributed by atoms with Gasteiger partial charge in [0.15, 0.2) is 0 Å². The van der Waals surface area contributed by atoms with Crippen molar-refractivity contribution in [2.45, 2.75) is 26.8 Å². The van der Waals surface area contributed by atoms with Gasteiger partial charge in [-0.3, -0.25) is 4.79 Å². The van der Waals surface area contributed by atoms with Gasteiger partial charge in [-0.1, -0.05) is 5.16 Å². The summed E-state index contributed by atoms with van der Waals surface area (Å²) in [7, 11) is 1.73. The van der Waals surface area contributed by atoms with Gasteiger partial charge in [-0.15, -0.1) is 0 Å². The van der Waals surface area contributed by atoms with Gasteiger partial charge in [0.1, 0.15) is 11.3 Å². The fraction of sp³-hybridized carbons (Fsp3) is 0.600. The third-order valence-electron chi connectivity index (χ3n) is 2.57. The van der Waals surface area contributed by atoms with Gasteiger partial charge in [-0.25, -0.2) is 0 Å². The third kappa shape index (κ3) is 2.18. The second-order valence-electron chi connectivity index (χ2n) is 3.70. The summed E-state index contributed by atoms with van der Waals surface area (Å²) in [5, 5.41) is 3.75. The van der Waals surface area contributed by atoms with Crippen LogP contribution in [0.15, 0.2) is 4.52 Å². The molecule has 0 radical (unpaired) electrons. The molecule has 1 heterocycles. The van der Waals surface area contributed by atoms with Gasteiger partial charge in [0.2, 0.25) is 0 Å². The lowest BCUT2D eigenvalue weighted by atomic mass is 10.1. The van der Waals surface area contributed by atoms with Crippen LogP contribution in [0.3, 0.4) is 0 Å². The Labute approximate surface area is 89.2 Å². The number of nitrogens with zero attached hydrogens (tertiary/aromatic N) is 2. The minimum atomic E-state index is -0.0933. The molecule has 0 spiro atoms. The highest BCUT2D eigenvalue weighted by Crippen LogP contribution is 2.15. The highest BCUT2D eigenvalue weighted by atomic mass is 16.5. The van der Waals surface area contributed by atoms with Crippen LogP contribution in [0.2, 0.25) is 0 Å². The molecule has 1 amide bonds. The number of hydrogen-bond acceptors (Lipinski definition) is 4. The lowest BCUT2D eigenvalue weighted by Gasteiger charge is -2.23. The van der Waals surface area contributed by atoms with Crippen molar-refractivity contribution in [3.8, 4) is 0 Å². The first-order valence-corrected chi connectivity index (χ1v) is 4.89. The van der Waals surface area contributed by atoms with Crippen molar-refractivity contribution >= 4 is 5.91 Å². The zero-order valence-electron chi connectivity index (χ0n) is 9.57. The quantitative estimate of drug-likeness (QED) is 0.799. The van der Waals surface area contributed by atoms with Crippen molar-refractivity contribution in [1.82, 2.24) is 10.1 Å². The molecule has 1 rings (SSSR count). The lowest BCUT2D eigenvalue weighted by Crippen LogP contribution is -2.40. The molecule has 0 aromatic carbocycles. The first kappa shape index (κ1) is 11.7. The van der Waals surface area contributed by atoms with Crippen LogP contribution in [-0.2, 0) is 0 Å². The van der Waals surface area contributed by atoms with E-state index >= 15 is 0 Å². The zero-order chi connectivity index (χ0) is 11.6. The monoisotopic (exact) mass is 211 g/mol. The number of aryl methyl sites for hydroxylation is 2. The van der Waals surface area contributed by atoms with Crippen LogP contribution in [-0.4, -0.2) is 35.6 Å². The molecule has 0 aliphatic heterocycles. The van der Waals surface area contributed by atoms with Crippen LogP contribution in [0.4, 0.5) is 0 Å². The molecule has 5 heteroatoms. The van der Waals surface area contributed by atoms with E-state index in [0.717, 1.165) is 0 Å². The highest BCUT2D eigenvalue weighted by molar-refractivity contribution is 5.96. The second-order valence-corrected chi connectivity index (χ2v) is 3.70.